The van der Waals surface area contributed by atoms with Gasteiger partial charge in [0.1, 0.15) is 11.3 Å². The van der Waals surface area contributed by atoms with Gasteiger partial charge in [-0.25, -0.2) is 4.98 Å². The van der Waals surface area contributed by atoms with Crippen LogP contribution in [0.15, 0.2) is 34.0 Å². The van der Waals surface area contributed by atoms with Gasteiger partial charge in [0.2, 0.25) is 11.9 Å². The normalized spacial score (nSPS) is 16.7. The molecule has 0 atom stereocenters. The molecule has 3 N–H and O–H groups in total. The summed E-state index contributed by atoms with van der Waals surface area (Å²) in [5.74, 6) is 1.04. The summed E-state index contributed by atoms with van der Waals surface area (Å²) in [7, 11) is 5.21. The summed E-state index contributed by atoms with van der Waals surface area (Å²) >= 11 is 0. The van der Waals surface area contributed by atoms with Crippen molar-refractivity contribution in [1.82, 2.24) is 24.0 Å². The second kappa shape index (κ2) is 11.8. The molecule has 2 aromatic heterocycles. The number of aryl methyl sites for hydroxylation is 1. The number of nitrogens with one attached hydrogen (secondary N) is 1. The summed E-state index contributed by atoms with van der Waals surface area (Å²) in [6.07, 6.45) is 7.99. The fourth-order valence-corrected chi connectivity index (χ4v) is 5.00. The van der Waals surface area contributed by atoms with Gasteiger partial charge in [0.25, 0.3) is 0 Å². The number of methoxy groups -OCH3 is 1. The highest BCUT2D eigenvalue weighted by molar-refractivity contribution is 5.94. The van der Waals surface area contributed by atoms with E-state index < -0.39 is 17.0 Å². The average molecular weight is 524 g/mol. The number of fused-ring (bicyclic) bond motifs is 1. The molecule has 1 aromatic carbocycles. The molecule has 1 amide bonds. The standard InChI is InChI=1S/C20H22N6O4.C7H15N/c1-25-14-10-22-20(23-13-8-7-11(16(21)27)9-15(13)30-2)24-17(14)26(19(29)18(25)28)12-5-3-4-6-12;1-7-3-5-8(2)6-4-7/h7-10,12H,3-6H2,1-2H3,(H2,21,27)(H,22,23,24);7H,3-6H2,1-2H3. The first-order valence-corrected chi connectivity index (χ1v) is 13.1. The minimum Gasteiger partial charge on any atom is -0.495 e. The van der Waals surface area contributed by atoms with E-state index in [1.165, 1.54) is 61.5 Å². The highest BCUT2D eigenvalue weighted by Gasteiger charge is 2.24. The second-order valence-electron chi connectivity index (χ2n) is 10.3. The number of rotatable bonds is 5. The summed E-state index contributed by atoms with van der Waals surface area (Å²) in [6, 6.07) is 4.66. The number of carbonyl (C=O) groups is 1. The van der Waals surface area contributed by atoms with Gasteiger partial charge in [-0.05, 0) is 69.9 Å². The topological polar surface area (TPSA) is 137 Å². The van der Waals surface area contributed by atoms with Crippen molar-refractivity contribution in [3.63, 3.8) is 0 Å². The molecular formula is C27H37N7O4. The minimum absolute atomic E-state index is 0.0546. The van der Waals surface area contributed by atoms with Crippen LogP contribution in [-0.2, 0) is 7.05 Å². The Morgan fingerprint density at radius 3 is 2.37 bits per heavy atom. The van der Waals surface area contributed by atoms with E-state index in [-0.39, 0.29) is 12.0 Å². The lowest BCUT2D eigenvalue weighted by atomic mass is 10.00. The SMILES string of the molecule is CC1CCN(C)CC1.COc1cc(C(N)=O)ccc1Nc1ncc2c(n1)n(C1CCCC1)c(=O)c(=O)n2C. The van der Waals surface area contributed by atoms with E-state index in [4.69, 9.17) is 10.5 Å². The van der Waals surface area contributed by atoms with Gasteiger partial charge in [0, 0.05) is 18.7 Å². The van der Waals surface area contributed by atoms with Gasteiger partial charge in [0.05, 0.1) is 19.0 Å². The molecule has 204 valence electrons. The first kappa shape index (κ1) is 27.3. The number of hydrogen-bond donors (Lipinski definition) is 2. The van der Waals surface area contributed by atoms with Crippen molar-refractivity contribution in [2.24, 2.45) is 18.7 Å². The minimum atomic E-state index is -0.595. The number of piperidine rings is 1. The first-order chi connectivity index (χ1) is 18.2. The van der Waals surface area contributed by atoms with E-state index in [0.717, 1.165) is 31.6 Å². The molecule has 0 radical (unpaired) electrons. The summed E-state index contributed by atoms with van der Waals surface area (Å²) < 4.78 is 8.11. The van der Waals surface area contributed by atoms with Crippen molar-refractivity contribution in [1.29, 1.82) is 0 Å². The first-order valence-electron chi connectivity index (χ1n) is 13.1. The van der Waals surface area contributed by atoms with Crippen LogP contribution in [0, 0.1) is 5.92 Å². The fourth-order valence-electron chi connectivity index (χ4n) is 5.00. The molecule has 0 spiro atoms. The summed E-state index contributed by atoms with van der Waals surface area (Å²) in [5.41, 5.74) is 5.86. The van der Waals surface area contributed by atoms with E-state index in [2.05, 4.69) is 34.2 Å². The lowest BCUT2D eigenvalue weighted by Gasteiger charge is -2.26. The molecule has 3 heterocycles. The summed E-state index contributed by atoms with van der Waals surface area (Å²) in [4.78, 5) is 47.8. The van der Waals surface area contributed by atoms with Crippen molar-refractivity contribution in [2.75, 3.05) is 32.6 Å². The third-order valence-electron chi connectivity index (χ3n) is 7.48. The predicted molar refractivity (Wildman–Crippen MR) is 147 cm³/mol. The Kier molecular flexibility index (Phi) is 8.45. The number of likely N-dealkylation sites (tertiary alicyclic amines) is 1. The number of nitrogens with two attached hydrogens (primary N) is 1. The lowest BCUT2D eigenvalue weighted by Crippen LogP contribution is -2.42. The number of ether oxygens (including phenoxy) is 1. The van der Waals surface area contributed by atoms with Crippen molar-refractivity contribution < 1.29 is 9.53 Å². The summed E-state index contributed by atoms with van der Waals surface area (Å²) in [6.45, 7) is 4.95. The molecule has 1 aliphatic carbocycles. The zero-order chi connectivity index (χ0) is 27.4. The number of primary amides is 1. The van der Waals surface area contributed by atoms with Gasteiger partial charge in [-0.2, -0.15) is 4.98 Å². The third kappa shape index (κ3) is 5.88. The Labute approximate surface area is 221 Å². The number of benzene rings is 1. The van der Waals surface area contributed by atoms with E-state index >= 15 is 0 Å². The van der Waals surface area contributed by atoms with Crippen LogP contribution in [0.4, 0.5) is 11.6 Å². The number of carbonyl (C=O) groups excluding carboxylic acids is 1. The largest absolute Gasteiger partial charge is 0.495 e. The van der Waals surface area contributed by atoms with Crippen LogP contribution in [0.25, 0.3) is 11.2 Å². The van der Waals surface area contributed by atoms with Gasteiger partial charge < -0.3 is 25.3 Å². The quantitative estimate of drug-likeness (QED) is 0.487. The monoisotopic (exact) mass is 523 g/mol. The highest BCUT2D eigenvalue weighted by atomic mass is 16.5. The van der Waals surface area contributed by atoms with Gasteiger partial charge in [-0.15, -0.1) is 0 Å². The Morgan fingerprint density at radius 1 is 1.08 bits per heavy atom. The maximum absolute atomic E-state index is 12.7. The summed E-state index contributed by atoms with van der Waals surface area (Å²) in [5, 5.41) is 3.05. The fraction of sp³-hybridized carbons (Fsp3) is 0.519. The van der Waals surface area contributed by atoms with Gasteiger partial charge in [0.15, 0.2) is 5.65 Å². The smallest absolute Gasteiger partial charge is 0.318 e. The number of nitrogens with zero attached hydrogens (tertiary/aromatic N) is 5. The van der Waals surface area contributed by atoms with Crippen LogP contribution in [0.3, 0.4) is 0 Å². The molecule has 11 nitrogen and oxygen atoms in total. The highest BCUT2D eigenvalue weighted by Crippen LogP contribution is 2.31. The van der Waals surface area contributed by atoms with E-state index in [1.54, 1.807) is 12.1 Å². The van der Waals surface area contributed by atoms with Crippen LogP contribution in [0.2, 0.25) is 0 Å². The average Bonchev–Trinajstić information content (AvgIpc) is 3.44. The molecule has 3 aromatic rings. The van der Waals surface area contributed by atoms with Gasteiger partial charge in [-0.3, -0.25) is 19.0 Å². The zero-order valence-corrected chi connectivity index (χ0v) is 22.6. The zero-order valence-electron chi connectivity index (χ0n) is 22.6. The molecule has 2 fully saturated rings. The van der Waals surface area contributed by atoms with E-state index in [0.29, 0.717) is 28.2 Å². The predicted octanol–water partition coefficient (Wildman–Crippen LogP) is 2.80. The van der Waals surface area contributed by atoms with Gasteiger partial charge in [-0.1, -0.05) is 19.8 Å². The molecule has 38 heavy (non-hydrogen) atoms. The van der Waals surface area contributed by atoms with Crippen LogP contribution in [0.1, 0.15) is 61.8 Å². The number of amides is 1. The molecule has 2 aliphatic rings. The van der Waals surface area contributed by atoms with Crippen molar-refractivity contribution in [3.05, 3.63) is 50.7 Å². The lowest BCUT2D eigenvalue weighted by molar-refractivity contribution is 0.1000. The van der Waals surface area contributed by atoms with Crippen LogP contribution < -0.4 is 26.9 Å². The molecule has 0 unspecified atom stereocenters. The number of aromatic nitrogens is 4. The third-order valence-corrected chi connectivity index (χ3v) is 7.48. The maximum Gasteiger partial charge on any atom is 0.318 e. The van der Waals surface area contributed by atoms with Gasteiger partial charge >= 0.3 is 11.1 Å². The number of hydrogen-bond acceptors (Lipinski definition) is 8. The second-order valence-corrected chi connectivity index (χ2v) is 10.3. The van der Waals surface area contributed by atoms with Crippen LogP contribution >= 0.6 is 0 Å². The molecule has 11 heteroatoms. The molecule has 1 saturated heterocycles. The molecule has 0 bridgehead atoms. The molecular weight excluding hydrogens is 486 g/mol. The van der Waals surface area contributed by atoms with Crippen molar-refractivity contribution in [3.8, 4) is 5.75 Å². The Hall–Kier alpha value is -3.73. The van der Waals surface area contributed by atoms with E-state index in [9.17, 15) is 14.4 Å². The van der Waals surface area contributed by atoms with Crippen molar-refractivity contribution >= 4 is 28.7 Å². The molecule has 5 rings (SSSR count). The Bertz CT molecular complexity index is 1410. The van der Waals surface area contributed by atoms with E-state index in [1.807, 2.05) is 0 Å². The Balaban J connectivity index is 0.000000360. The van der Waals surface area contributed by atoms with Crippen LogP contribution in [0.5, 0.6) is 5.75 Å². The molecule has 1 aliphatic heterocycles. The Morgan fingerprint density at radius 2 is 1.76 bits per heavy atom. The maximum atomic E-state index is 12.7. The number of anilines is 2. The molecule has 1 saturated carbocycles. The van der Waals surface area contributed by atoms with Crippen molar-refractivity contribution in [2.45, 2.75) is 51.5 Å². The van der Waals surface area contributed by atoms with Crippen LogP contribution in [-0.4, -0.2) is 57.2 Å².